The van der Waals surface area contributed by atoms with Gasteiger partial charge >= 0.3 is 0 Å². The standard InChI is InChI=1S/C17H26FN/c1-3-10-19-17(15-9-8-13(2)11-15)12-14-6-4-5-7-16(14)18/h4-7,13,15,17,19H,3,8-12H2,1-2H3. The van der Waals surface area contributed by atoms with Gasteiger partial charge in [-0.3, -0.25) is 0 Å². The molecule has 1 nitrogen and oxygen atoms in total. The molecule has 0 saturated heterocycles. The summed E-state index contributed by atoms with van der Waals surface area (Å²) in [4.78, 5) is 0. The van der Waals surface area contributed by atoms with Gasteiger partial charge in [-0.25, -0.2) is 4.39 Å². The fourth-order valence-electron chi connectivity index (χ4n) is 3.25. The van der Waals surface area contributed by atoms with Crippen LogP contribution in [0.25, 0.3) is 0 Å². The Hall–Kier alpha value is -0.890. The number of nitrogens with one attached hydrogen (secondary N) is 1. The fraction of sp³-hybridized carbons (Fsp3) is 0.647. The van der Waals surface area contributed by atoms with E-state index in [1.54, 1.807) is 12.1 Å². The van der Waals surface area contributed by atoms with E-state index in [0.29, 0.717) is 12.0 Å². The highest BCUT2D eigenvalue weighted by molar-refractivity contribution is 5.18. The molecule has 0 heterocycles. The normalized spacial score (nSPS) is 24.6. The second-order valence-corrected chi connectivity index (χ2v) is 6.03. The first-order chi connectivity index (χ1) is 9.20. The largest absolute Gasteiger partial charge is 0.313 e. The van der Waals surface area contributed by atoms with Crippen LogP contribution in [0.1, 0.15) is 45.1 Å². The monoisotopic (exact) mass is 263 g/mol. The highest BCUT2D eigenvalue weighted by Gasteiger charge is 2.28. The molecule has 0 bridgehead atoms. The summed E-state index contributed by atoms with van der Waals surface area (Å²) in [5, 5.41) is 3.64. The summed E-state index contributed by atoms with van der Waals surface area (Å²) in [6, 6.07) is 7.64. The average Bonchev–Trinajstić information content (AvgIpc) is 2.83. The number of hydrogen-bond acceptors (Lipinski definition) is 1. The average molecular weight is 263 g/mol. The van der Waals surface area contributed by atoms with E-state index in [4.69, 9.17) is 0 Å². The SMILES string of the molecule is CCCNC(Cc1ccccc1F)C1CCC(C)C1. The van der Waals surface area contributed by atoms with Crippen molar-refractivity contribution in [3.05, 3.63) is 35.6 Å². The molecule has 1 aliphatic rings. The van der Waals surface area contributed by atoms with Gasteiger partial charge in [-0.05, 0) is 55.7 Å². The number of hydrogen-bond donors (Lipinski definition) is 1. The molecule has 0 amide bonds. The van der Waals surface area contributed by atoms with Crippen molar-refractivity contribution in [2.75, 3.05) is 6.54 Å². The Labute approximate surface area is 116 Å². The molecule has 3 atom stereocenters. The molecule has 1 aromatic rings. The quantitative estimate of drug-likeness (QED) is 0.812. The molecule has 2 rings (SSSR count). The van der Waals surface area contributed by atoms with Gasteiger partial charge in [-0.2, -0.15) is 0 Å². The van der Waals surface area contributed by atoms with Crippen LogP contribution in [-0.2, 0) is 6.42 Å². The van der Waals surface area contributed by atoms with Gasteiger partial charge in [0.05, 0.1) is 0 Å². The molecule has 1 aliphatic carbocycles. The fourth-order valence-corrected chi connectivity index (χ4v) is 3.25. The van der Waals surface area contributed by atoms with E-state index >= 15 is 0 Å². The van der Waals surface area contributed by atoms with Crippen LogP contribution in [0.4, 0.5) is 4.39 Å². The van der Waals surface area contributed by atoms with Gasteiger partial charge < -0.3 is 5.32 Å². The molecular formula is C17H26FN. The van der Waals surface area contributed by atoms with Gasteiger partial charge in [0.25, 0.3) is 0 Å². The first kappa shape index (κ1) is 14.5. The highest BCUT2D eigenvalue weighted by Crippen LogP contribution is 2.33. The molecule has 106 valence electrons. The second-order valence-electron chi connectivity index (χ2n) is 6.03. The van der Waals surface area contributed by atoms with Crippen molar-refractivity contribution in [1.29, 1.82) is 0 Å². The maximum Gasteiger partial charge on any atom is 0.126 e. The lowest BCUT2D eigenvalue weighted by Gasteiger charge is -2.25. The summed E-state index contributed by atoms with van der Waals surface area (Å²) in [6.45, 7) is 5.55. The Bertz CT molecular complexity index is 391. The van der Waals surface area contributed by atoms with Crippen molar-refractivity contribution in [1.82, 2.24) is 5.32 Å². The van der Waals surface area contributed by atoms with Crippen LogP contribution in [-0.4, -0.2) is 12.6 Å². The van der Waals surface area contributed by atoms with E-state index in [9.17, 15) is 4.39 Å². The van der Waals surface area contributed by atoms with E-state index in [2.05, 4.69) is 19.2 Å². The Morgan fingerprint density at radius 2 is 2.11 bits per heavy atom. The van der Waals surface area contributed by atoms with Crippen molar-refractivity contribution in [2.24, 2.45) is 11.8 Å². The number of benzene rings is 1. The predicted molar refractivity (Wildman–Crippen MR) is 78.7 cm³/mol. The Morgan fingerprint density at radius 1 is 1.32 bits per heavy atom. The molecule has 0 radical (unpaired) electrons. The first-order valence-electron chi connectivity index (χ1n) is 7.67. The zero-order valence-corrected chi connectivity index (χ0v) is 12.2. The van der Waals surface area contributed by atoms with E-state index in [-0.39, 0.29) is 5.82 Å². The lowest BCUT2D eigenvalue weighted by Crippen LogP contribution is -2.38. The van der Waals surface area contributed by atoms with Crippen LogP contribution >= 0.6 is 0 Å². The lowest BCUT2D eigenvalue weighted by molar-refractivity contribution is 0.345. The molecule has 1 fully saturated rings. The number of rotatable bonds is 6. The third kappa shape index (κ3) is 4.04. The van der Waals surface area contributed by atoms with Gasteiger partial charge in [0.1, 0.15) is 5.82 Å². The number of halogens is 1. The molecule has 2 heteroatoms. The van der Waals surface area contributed by atoms with Crippen LogP contribution in [0.3, 0.4) is 0 Å². The van der Waals surface area contributed by atoms with Gasteiger partial charge in [0.2, 0.25) is 0 Å². The minimum atomic E-state index is -0.0585. The van der Waals surface area contributed by atoms with E-state index in [1.807, 2.05) is 12.1 Å². The van der Waals surface area contributed by atoms with Gasteiger partial charge in [-0.15, -0.1) is 0 Å². The predicted octanol–water partition coefficient (Wildman–Crippen LogP) is 4.17. The molecule has 3 unspecified atom stereocenters. The summed E-state index contributed by atoms with van der Waals surface area (Å²) in [5.41, 5.74) is 0.857. The van der Waals surface area contributed by atoms with E-state index in [1.165, 1.54) is 19.3 Å². The Balaban J connectivity index is 2.03. The minimum absolute atomic E-state index is 0.0585. The maximum atomic E-state index is 13.8. The molecular weight excluding hydrogens is 237 g/mol. The molecule has 19 heavy (non-hydrogen) atoms. The Morgan fingerprint density at radius 3 is 2.74 bits per heavy atom. The van der Waals surface area contributed by atoms with Crippen LogP contribution in [0.5, 0.6) is 0 Å². The van der Waals surface area contributed by atoms with Gasteiger partial charge in [0, 0.05) is 6.04 Å². The third-order valence-corrected chi connectivity index (χ3v) is 4.36. The smallest absolute Gasteiger partial charge is 0.126 e. The summed E-state index contributed by atoms with van der Waals surface area (Å²) in [7, 11) is 0. The summed E-state index contributed by atoms with van der Waals surface area (Å²) >= 11 is 0. The van der Waals surface area contributed by atoms with E-state index < -0.39 is 0 Å². The van der Waals surface area contributed by atoms with Crippen molar-refractivity contribution >= 4 is 0 Å². The summed E-state index contributed by atoms with van der Waals surface area (Å²) in [5.74, 6) is 1.48. The first-order valence-corrected chi connectivity index (χ1v) is 7.67. The van der Waals surface area contributed by atoms with Crippen molar-refractivity contribution in [2.45, 2.75) is 52.0 Å². The molecule has 1 saturated carbocycles. The van der Waals surface area contributed by atoms with Gasteiger partial charge in [0.15, 0.2) is 0 Å². The molecule has 1 N–H and O–H groups in total. The third-order valence-electron chi connectivity index (χ3n) is 4.36. The summed E-state index contributed by atoms with van der Waals surface area (Å²) < 4.78 is 13.8. The van der Waals surface area contributed by atoms with Crippen molar-refractivity contribution < 1.29 is 4.39 Å². The lowest BCUT2D eigenvalue weighted by atomic mass is 9.91. The molecule has 0 aromatic heterocycles. The highest BCUT2D eigenvalue weighted by atomic mass is 19.1. The van der Waals surface area contributed by atoms with Crippen LogP contribution in [0, 0.1) is 17.7 Å². The zero-order valence-electron chi connectivity index (χ0n) is 12.2. The molecule has 1 aromatic carbocycles. The van der Waals surface area contributed by atoms with Crippen LogP contribution < -0.4 is 5.32 Å². The Kier molecular flexibility index (Phi) is 5.38. The molecule has 0 spiro atoms. The van der Waals surface area contributed by atoms with Crippen molar-refractivity contribution in [3.63, 3.8) is 0 Å². The van der Waals surface area contributed by atoms with Crippen LogP contribution in [0.15, 0.2) is 24.3 Å². The zero-order chi connectivity index (χ0) is 13.7. The van der Waals surface area contributed by atoms with E-state index in [0.717, 1.165) is 30.9 Å². The van der Waals surface area contributed by atoms with Gasteiger partial charge in [-0.1, -0.05) is 38.5 Å². The minimum Gasteiger partial charge on any atom is -0.313 e. The van der Waals surface area contributed by atoms with Crippen LogP contribution in [0.2, 0.25) is 0 Å². The van der Waals surface area contributed by atoms with Crippen molar-refractivity contribution in [3.8, 4) is 0 Å². The topological polar surface area (TPSA) is 12.0 Å². The maximum absolute atomic E-state index is 13.8. The second kappa shape index (κ2) is 7.04. The summed E-state index contributed by atoms with van der Waals surface area (Å²) in [6.07, 6.45) is 5.86. The molecule has 0 aliphatic heterocycles.